The molecular formula is C25H21N3O5. The molecule has 166 valence electrons. The van der Waals surface area contributed by atoms with E-state index in [-0.39, 0.29) is 28.5 Å². The van der Waals surface area contributed by atoms with Gasteiger partial charge in [0, 0.05) is 29.5 Å². The van der Waals surface area contributed by atoms with E-state index in [1.54, 1.807) is 48.5 Å². The molecule has 0 aliphatic carbocycles. The Morgan fingerprint density at radius 2 is 1.27 bits per heavy atom. The van der Waals surface area contributed by atoms with Crippen LogP contribution in [0.2, 0.25) is 0 Å². The Morgan fingerprint density at radius 3 is 1.88 bits per heavy atom. The summed E-state index contributed by atoms with van der Waals surface area (Å²) in [5, 5.41) is 5.53. The highest BCUT2D eigenvalue weighted by molar-refractivity contribution is 6.22. The van der Waals surface area contributed by atoms with Crippen molar-refractivity contribution in [3.05, 3.63) is 89.0 Å². The molecule has 1 aliphatic rings. The molecule has 0 atom stereocenters. The lowest BCUT2D eigenvalue weighted by molar-refractivity contribution is 0.0692. The van der Waals surface area contributed by atoms with Gasteiger partial charge in [0.05, 0.1) is 17.7 Å². The zero-order valence-corrected chi connectivity index (χ0v) is 18.0. The molecule has 33 heavy (non-hydrogen) atoms. The minimum absolute atomic E-state index is 0.205. The van der Waals surface area contributed by atoms with Gasteiger partial charge in [-0.2, -0.15) is 0 Å². The molecule has 1 heterocycles. The fraction of sp³-hybridized carbons (Fsp3) is 0.120. The lowest BCUT2D eigenvalue weighted by atomic mass is 10.1. The van der Waals surface area contributed by atoms with Crippen LogP contribution in [0.25, 0.3) is 0 Å². The molecule has 0 saturated heterocycles. The molecule has 0 spiro atoms. The number of carbonyl (C=O) groups excluding carboxylic acids is 4. The van der Waals surface area contributed by atoms with Crippen LogP contribution in [0.3, 0.4) is 0 Å². The molecule has 0 radical (unpaired) electrons. The minimum Gasteiger partial charge on any atom is -0.494 e. The molecule has 4 amide bonds. The van der Waals surface area contributed by atoms with Crippen molar-refractivity contribution < 1.29 is 23.9 Å². The van der Waals surface area contributed by atoms with E-state index in [1.807, 2.05) is 6.92 Å². The first kappa shape index (κ1) is 21.8. The Bertz CT molecular complexity index is 1250. The summed E-state index contributed by atoms with van der Waals surface area (Å²) in [6.45, 7) is 2.46. The molecule has 3 aromatic carbocycles. The fourth-order valence-corrected chi connectivity index (χ4v) is 3.42. The second-order valence-corrected chi connectivity index (χ2v) is 7.37. The molecule has 0 saturated carbocycles. The first-order valence-corrected chi connectivity index (χ1v) is 10.3. The van der Waals surface area contributed by atoms with Crippen molar-refractivity contribution in [1.29, 1.82) is 0 Å². The predicted octanol–water partition coefficient (Wildman–Crippen LogP) is 3.82. The normalized spacial score (nSPS) is 12.4. The van der Waals surface area contributed by atoms with E-state index in [0.29, 0.717) is 23.5 Å². The number of fused-ring (bicyclic) bond motifs is 1. The molecule has 0 aromatic heterocycles. The third-order valence-corrected chi connectivity index (χ3v) is 5.18. The molecule has 8 nitrogen and oxygen atoms in total. The Kier molecular flexibility index (Phi) is 5.91. The van der Waals surface area contributed by atoms with Crippen LogP contribution in [0.1, 0.15) is 48.4 Å². The zero-order chi connectivity index (χ0) is 23.5. The van der Waals surface area contributed by atoms with Gasteiger partial charge in [0.2, 0.25) is 0 Å². The van der Waals surface area contributed by atoms with Crippen molar-refractivity contribution in [1.82, 2.24) is 4.90 Å². The van der Waals surface area contributed by atoms with E-state index in [0.717, 1.165) is 10.6 Å². The Labute approximate surface area is 190 Å². The second kappa shape index (κ2) is 8.96. The number of rotatable bonds is 6. The summed E-state index contributed by atoms with van der Waals surface area (Å²) in [5.41, 5.74) is 2.28. The Balaban J connectivity index is 1.40. The monoisotopic (exact) mass is 443 g/mol. The summed E-state index contributed by atoms with van der Waals surface area (Å²) in [6, 6.07) is 17.9. The van der Waals surface area contributed by atoms with E-state index in [2.05, 4.69) is 10.6 Å². The van der Waals surface area contributed by atoms with Crippen molar-refractivity contribution in [3.8, 4) is 5.75 Å². The third kappa shape index (κ3) is 4.45. The van der Waals surface area contributed by atoms with Gasteiger partial charge in [0.1, 0.15) is 5.75 Å². The van der Waals surface area contributed by atoms with Crippen molar-refractivity contribution in [2.45, 2.75) is 6.92 Å². The lowest BCUT2D eigenvalue weighted by Crippen LogP contribution is -2.24. The van der Waals surface area contributed by atoms with Crippen LogP contribution in [0, 0.1) is 0 Å². The highest BCUT2D eigenvalue weighted by Crippen LogP contribution is 2.23. The van der Waals surface area contributed by atoms with Gasteiger partial charge in [0.15, 0.2) is 0 Å². The largest absolute Gasteiger partial charge is 0.494 e. The highest BCUT2D eigenvalue weighted by atomic mass is 16.5. The average Bonchev–Trinajstić information content (AvgIpc) is 3.04. The van der Waals surface area contributed by atoms with E-state index in [1.165, 1.54) is 25.2 Å². The number of ether oxygens (including phenoxy) is 1. The summed E-state index contributed by atoms with van der Waals surface area (Å²) in [6.07, 6.45) is 0. The van der Waals surface area contributed by atoms with Gasteiger partial charge in [-0.1, -0.05) is 0 Å². The summed E-state index contributed by atoms with van der Waals surface area (Å²) in [5.74, 6) is -0.822. The van der Waals surface area contributed by atoms with E-state index >= 15 is 0 Å². The summed E-state index contributed by atoms with van der Waals surface area (Å²) in [4.78, 5) is 50.2. The van der Waals surface area contributed by atoms with Crippen molar-refractivity contribution in [2.75, 3.05) is 24.3 Å². The molecule has 0 unspecified atom stereocenters. The van der Waals surface area contributed by atoms with Crippen LogP contribution in [-0.4, -0.2) is 42.2 Å². The van der Waals surface area contributed by atoms with Crippen molar-refractivity contribution >= 4 is 35.0 Å². The van der Waals surface area contributed by atoms with Gasteiger partial charge in [-0.25, -0.2) is 0 Å². The number of amides is 4. The Morgan fingerprint density at radius 1 is 0.758 bits per heavy atom. The number of benzene rings is 3. The van der Waals surface area contributed by atoms with E-state index in [4.69, 9.17) is 4.74 Å². The van der Waals surface area contributed by atoms with Gasteiger partial charge in [-0.3, -0.25) is 24.1 Å². The molecular weight excluding hydrogens is 422 g/mol. The molecule has 8 heteroatoms. The fourth-order valence-electron chi connectivity index (χ4n) is 3.42. The summed E-state index contributed by atoms with van der Waals surface area (Å²) in [7, 11) is 1.40. The van der Waals surface area contributed by atoms with Crippen LogP contribution in [0.15, 0.2) is 66.7 Å². The zero-order valence-electron chi connectivity index (χ0n) is 18.0. The number of hydrogen-bond donors (Lipinski definition) is 2. The molecule has 4 rings (SSSR count). The molecule has 2 N–H and O–H groups in total. The third-order valence-electron chi connectivity index (χ3n) is 5.18. The lowest BCUT2D eigenvalue weighted by Gasteiger charge is -2.09. The van der Waals surface area contributed by atoms with Gasteiger partial charge >= 0.3 is 0 Å². The summed E-state index contributed by atoms with van der Waals surface area (Å²) >= 11 is 0. The number of nitrogens with zero attached hydrogens (tertiary/aromatic N) is 1. The average molecular weight is 443 g/mol. The topological polar surface area (TPSA) is 105 Å². The number of nitrogens with one attached hydrogen (secondary N) is 2. The maximum atomic E-state index is 12.6. The SMILES string of the molecule is CCOc1ccc(NC(=O)c2ccc(NC(=O)c3ccc4c(c3)C(=O)N(C)C4=O)cc2)cc1. The quantitative estimate of drug-likeness (QED) is 0.564. The number of anilines is 2. The maximum Gasteiger partial charge on any atom is 0.261 e. The molecule has 1 aliphatic heterocycles. The number of hydrogen-bond acceptors (Lipinski definition) is 5. The number of carbonyl (C=O) groups is 4. The first-order valence-electron chi connectivity index (χ1n) is 10.3. The predicted molar refractivity (Wildman–Crippen MR) is 123 cm³/mol. The van der Waals surface area contributed by atoms with Crippen molar-refractivity contribution in [2.24, 2.45) is 0 Å². The maximum absolute atomic E-state index is 12.6. The van der Waals surface area contributed by atoms with Gasteiger partial charge in [0.25, 0.3) is 23.6 Å². The van der Waals surface area contributed by atoms with Crippen LogP contribution in [0.5, 0.6) is 5.75 Å². The van der Waals surface area contributed by atoms with Crippen LogP contribution in [0.4, 0.5) is 11.4 Å². The van der Waals surface area contributed by atoms with Crippen LogP contribution in [-0.2, 0) is 0 Å². The Hall–Kier alpha value is -4.46. The smallest absolute Gasteiger partial charge is 0.261 e. The highest BCUT2D eigenvalue weighted by Gasteiger charge is 2.33. The molecule has 0 bridgehead atoms. The van der Waals surface area contributed by atoms with Crippen LogP contribution >= 0.6 is 0 Å². The molecule has 3 aromatic rings. The number of imide groups is 1. The first-order chi connectivity index (χ1) is 15.9. The second-order valence-electron chi connectivity index (χ2n) is 7.37. The summed E-state index contributed by atoms with van der Waals surface area (Å²) < 4.78 is 5.38. The minimum atomic E-state index is -0.437. The van der Waals surface area contributed by atoms with Gasteiger partial charge in [-0.15, -0.1) is 0 Å². The van der Waals surface area contributed by atoms with Gasteiger partial charge < -0.3 is 15.4 Å². The standard InChI is InChI=1S/C25H21N3O5/c1-3-33-19-11-9-18(10-12-19)26-22(29)15-4-7-17(8-5-15)27-23(30)16-6-13-20-21(14-16)25(32)28(2)24(20)31/h4-14H,3H2,1-2H3,(H,26,29)(H,27,30). The van der Waals surface area contributed by atoms with E-state index < -0.39 is 11.8 Å². The molecule has 0 fully saturated rings. The van der Waals surface area contributed by atoms with E-state index in [9.17, 15) is 19.2 Å². The van der Waals surface area contributed by atoms with Crippen molar-refractivity contribution in [3.63, 3.8) is 0 Å². The van der Waals surface area contributed by atoms with Gasteiger partial charge in [-0.05, 0) is 73.7 Å². The van der Waals surface area contributed by atoms with Crippen LogP contribution < -0.4 is 15.4 Å².